The number of halogens is 4. The molecule has 0 aliphatic carbocycles. The van der Waals surface area contributed by atoms with Gasteiger partial charge in [-0.1, -0.05) is 0 Å². The first-order chi connectivity index (χ1) is 7.83. The van der Waals surface area contributed by atoms with Gasteiger partial charge >= 0.3 is 75.7 Å². The van der Waals surface area contributed by atoms with E-state index in [0.29, 0.717) is 0 Å². The summed E-state index contributed by atoms with van der Waals surface area (Å²) in [4.78, 5) is 0. The van der Waals surface area contributed by atoms with Gasteiger partial charge in [0, 0.05) is 0 Å². The molecule has 0 bridgehead atoms. The van der Waals surface area contributed by atoms with Crippen LogP contribution in [0, 0.1) is 0 Å². The molecule has 0 nitrogen and oxygen atoms in total. The van der Waals surface area contributed by atoms with Gasteiger partial charge in [-0.25, -0.2) is 24.3 Å². The van der Waals surface area contributed by atoms with Crippen LogP contribution in [-0.2, 0) is 41.7 Å². The molecule has 0 saturated heterocycles. The Morgan fingerprint density at radius 1 is 0.562 bits per heavy atom. The zero-order valence-corrected chi connectivity index (χ0v) is 16.2. The number of hydrogen-bond donors (Lipinski definition) is 0. The average molecular weight is 454 g/mol. The van der Waals surface area contributed by atoms with E-state index in [1.54, 1.807) is 0 Å². The van der Waals surface area contributed by atoms with Crippen molar-refractivity contribution in [1.82, 2.24) is 0 Å². The quantitative estimate of drug-likeness (QED) is 0.457. The first kappa shape index (κ1) is 20.0. The summed E-state index contributed by atoms with van der Waals surface area (Å²) in [6.07, 6.45) is 0. The van der Waals surface area contributed by atoms with Gasteiger partial charge in [-0.15, -0.1) is 0 Å². The molecule has 88 valence electrons. The molecule has 0 aliphatic heterocycles. The molecule has 0 unspecified atom stereocenters. The van der Waals surface area contributed by atoms with Crippen LogP contribution in [0.4, 0.5) is 0 Å². The molecular weight excluding hydrogens is 444 g/mol. The van der Waals surface area contributed by atoms with Crippen LogP contribution >= 0.6 is 34.1 Å². The van der Waals surface area contributed by atoms with Crippen LogP contribution in [0.1, 0.15) is 0 Å². The maximum absolute atomic E-state index is 4.93. The van der Waals surface area contributed by atoms with E-state index in [1.807, 2.05) is 60.7 Å². The molecule has 0 amide bonds. The monoisotopic (exact) mass is 450 g/mol. The molecule has 6 heteroatoms. The van der Waals surface area contributed by atoms with Crippen LogP contribution in [0.15, 0.2) is 60.7 Å². The minimum atomic E-state index is -0.826. The summed E-state index contributed by atoms with van der Waals surface area (Å²) >= 11 is -1.65. The average Bonchev–Trinajstić information content (AvgIpc) is 3.00. The summed E-state index contributed by atoms with van der Waals surface area (Å²) in [6.45, 7) is 0. The first-order valence-corrected chi connectivity index (χ1v) is 16.7. The van der Waals surface area contributed by atoms with Gasteiger partial charge in [0.25, 0.3) is 0 Å². The molecule has 2 aromatic carbocycles. The summed E-state index contributed by atoms with van der Waals surface area (Å²) in [5.74, 6) is 0. The minimum absolute atomic E-state index is 0.826. The van der Waals surface area contributed by atoms with E-state index >= 15 is 0 Å². The molecule has 0 radical (unpaired) electrons. The van der Waals surface area contributed by atoms with Crippen molar-refractivity contribution in [2.45, 2.75) is 0 Å². The Bertz CT molecular complexity index is 183. The molecule has 0 aromatic heterocycles. The van der Waals surface area contributed by atoms with Crippen molar-refractivity contribution in [2.24, 2.45) is 0 Å². The molecule has 0 saturated carbocycles. The van der Waals surface area contributed by atoms with E-state index in [4.69, 9.17) is 34.1 Å². The molecule has 0 heterocycles. The summed E-state index contributed by atoms with van der Waals surface area (Å²) in [6, 6.07) is 20.0. The van der Waals surface area contributed by atoms with Crippen molar-refractivity contribution in [2.75, 3.05) is 0 Å². The Balaban J connectivity index is 0. The third-order valence-corrected chi connectivity index (χ3v) is 1.11. The van der Waals surface area contributed by atoms with Gasteiger partial charge in [0.05, 0.1) is 0 Å². The smallest absolute Gasteiger partial charge is 0.172 e. The molecule has 2 aromatic rings. The van der Waals surface area contributed by atoms with Gasteiger partial charge in [-0.3, -0.25) is 0 Å². The number of hydrogen-bond acceptors (Lipinski definition) is 0. The van der Waals surface area contributed by atoms with Gasteiger partial charge in [0.1, 0.15) is 0 Å². The third-order valence-electron chi connectivity index (χ3n) is 1.11. The Hall–Kier alpha value is 1.63. The Morgan fingerprint density at radius 2 is 0.750 bits per heavy atom. The fourth-order valence-electron chi connectivity index (χ4n) is 0.642. The second-order valence-electron chi connectivity index (χ2n) is 2.07. The maximum atomic E-state index is 4.93. The molecule has 2 rings (SSSR count). The topological polar surface area (TPSA) is 0 Å². The van der Waals surface area contributed by atoms with Crippen molar-refractivity contribution in [3.05, 3.63) is 60.7 Å². The molecular formula is C10H10Cl4Zr2-2. The van der Waals surface area contributed by atoms with Crippen molar-refractivity contribution in [1.29, 1.82) is 0 Å². The van der Waals surface area contributed by atoms with Gasteiger partial charge < -0.3 is 0 Å². The first-order valence-electron chi connectivity index (χ1n) is 4.09. The predicted octanol–water partition coefficient (Wildman–Crippen LogP) is 5.56. The Labute approximate surface area is 134 Å². The summed E-state index contributed by atoms with van der Waals surface area (Å²) < 4.78 is 0. The van der Waals surface area contributed by atoms with Crippen LogP contribution in [0.5, 0.6) is 0 Å². The van der Waals surface area contributed by atoms with Crippen molar-refractivity contribution < 1.29 is 41.7 Å². The summed E-state index contributed by atoms with van der Waals surface area (Å²) in [7, 11) is 19.7. The number of rotatable bonds is 0. The van der Waals surface area contributed by atoms with Crippen LogP contribution in [0.2, 0.25) is 0 Å². The third kappa shape index (κ3) is 24.7. The van der Waals surface area contributed by atoms with Crippen molar-refractivity contribution >= 4 is 34.1 Å². The van der Waals surface area contributed by atoms with Crippen LogP contribution in [0.25, 0.3) is 0 Å². The largest absolute Gasteiger partial charge is 0.214 e. The van der Waals surface area contributed by atoms with Crippen molar-refractivity contribution in [3.63, 3.8) is 0 Å². The van der Waals surface area contributed by atoms with Crippen LogP contribution in [0.3, 0.4) is 0 Å². The summed E-state index contributed by atoms with van der Waals surface area (Å²) in [5.41, 5.74) is 0. The minimum Gasteiger partial charge on any atom is -0.214 e. The SMILES string of the molecule is [Cl][Zr][Cl].[Cl][Zr][Cl].c1cc[cH-]c1.c1cc[cH-]c1. The Morgan fingerprint density at radius 3 is 0.812 bits per heavy atom. The van der Waals surface area contributed by atoms with E-state index in [0.717, 1.165) is 0 Å². The fraction of sp³-hybridized carbons (Fsp3) is 0. The zero-order chi connectivity index (χ0) is 12.5. The van der Waals surface area contributed by atoms with Gasteiger partial charge in [0.2, 0.25) is 0 Å². The zero-order valence-electron chi connectivity index (χ0n) is 8.29. The van der Waals surface area contributed by atoms with E-state index in [9.17, 15) is 0 Å². The molecule has 0 atom stereocenters. The second kappa shape index (κ2) is 21.9. The Kier molecular flexibility index (Phi) is 27.3. The van der Waals surface area contributed by atoms with Gasteiger partial charge in [-0.2, -0.15) is 36.4 Å². The summed E-state index contributed by atoms with van der Waals surface area (Å²) in [5, 5.41) is 0. The normalized spacial score (nSPS) is 6.75. The molecule has 0 spiro atoms. The van der Waals surface area contributed by atoms with Crippen LogP contribution < -0.4 is 0 Å². The molecule has 0 fully saturated rings. The predicted molar refractivity (Wildman–Crippen MR) is 67.5 cm³/mol. The molecule has 16 heavy (non-hydrogen) atoms. The van der Waals surface area contributed by atoms with E-state index in [-0.39, 0.29) is 0 Å². The molecule has 0 N–H and O–H groups in total. The fourth-order valence-corrected chi connectivity index (χ4v) is 0.642. The van der Waals surface area contributed by atoms with E-state index < -0.39 is 41.7 Å². The standard InChI is InChI=1S/2C5H5.4ClH.2Zr/c2*1-2-4-5-3-1;;;;;;/h2*1-5H;4*1H;;/q2*-1;;;;;2*+2/p-4. The molecule has 0 aliphatic rings. The maximum Gasteiger partial charge on any atom is -0.172 e. The van der Waals surface area contributed by atoms with Crippen molar-refractivity contribution in [3.8, 4) is 0 Å². The van der Waals surface area contributed by atoms with Gasteiger partial charge in [0.15, 0.2) is 0 Å². The van der Waals surface area contributed by atoms with Crippen LogP contribution in [-0.4, -0.2) is 0 Å². The van der Waals surface area contributed by atoms with E-state index in [1.165, 1.54) is 0 Å². The second-order valence-corrected chi connectivity index (χ2v) is 9.53. The van der Waals surface area contributed by atoms with E-state index in [2.05, 4.69) is 0 Å². The van der Waals surface area contributed by atoms with Gasteiger partial charge in [-0.05, 0) is 0 Å².